The Morgan fingerprint density at radius 2 is 0.857 bits per heavy atom. The van der Waals surface area contributed by atoms with Gasteiger partial charge in [0.2, 0.25) is 0 Å². The van der Waals surface area contributed by atoms with E-state index >= 15 is 0 Å². The van der Waals surface area contributed by atoms with Crippen molar-refractivity contribution in [1.29, 1.82) is 0 Å². The topological polar surface area (TPSA) is 0 Å². The molecular weight excluding hydrogens is 540 g/mol. The molecule has 0 aliphatic heterocycles. The highest BCUT2D eigenvalue weighted by Crippen LogP contribution is 2.40. The van der Waals surface area contributed by atoms with Crippen LogP contribution < -0.4 is 0 Å². The van der Waals surface area contributed by atoms with E-state index in [0.717, 1.165) is 24.3 Å². The van der Waals surface area contributed by atoms with Crippen LogP contribution in [0.4, 0.5) is 17.6 Å². The maximum absolute atomic E-state index is 14.7. The van der Waals surface area contributed by atoms with Crippen LogP contribution in [0.5, 0.6) is 0 Å². The highest BCUT2D eigenvalue weighted by molar-refractivity contribution is 9.11. The molecule has 4 rings (SSSR count). The Morgan fingerprint density at radius 1 is 0.536 bits per heavy atom. The molecule has 0 radical (unpaired) electrons. The first-order chi connectivity index (χ1) is 13.4. The molecule has 142 valence electrons. The van der Waals surface area contributed by atoms with Gasteiger partial charge in [0, 0.05) is 31.2 Å². The Morgan fingerprint density at radius 3 is 1.18 bits per heavy atom. The summed E-state index contributed by atoms with van der Waals surface area (Å²) in [5, 5.41) is 3.47. The van der Waals surface area contributed by atoms with Crippen molar-refractivity contribution in [2.75, 3.05) is 0 Å². The average Bonchev–Trinajstić information content (AvgIpc) is 3.26. The summed E-state index contributed by atoms with van der Waals surface area (Å²) in [6.07, 6.45) is 0. The maximum atomic E-state index is 14.7. The van der Waals surface area contributed by atoms with Gasteiger partial charge >= 0.3 is 0 Å². The van der Waals surface area contributed by atoms with E-state index in [1.54, 1.807) is 22.9 Å². The fraction of sp³-hybridized carbons (Fsp3) is 0. The molecule has 0 amide bonds. The number of rotatable bonds is 3. The number of hydrogen-bond acceptors (Lipinski definition) is 2. The summed E-state index contributed by atoms with van der Waals surface area (Å²) >= 11 is 9.06. The van der Waals surface area contributed by atoms with Crippen LogP contribution in [-0.2, 0) is 0 Å². The summed E-state index contributed by atoms with van der Waals surface area (Å²) in [5.41, 5.74) is -0.546. The minimum atomic E-state index is -0.833. The van der Waals surface area contributed by atoms with Crippen molar-refractivity contribution in [2.45, 2.75) is 0 Å². The molecule has 4 aromatic rings. The Bertz CT molecular complexity index is 1100. The number of benzene rings is 2. The molecule has 0 fully saturated rings. The average molecular weight is 548 g/mol. The summed E-state index contributed by atoms with van der Waals surface area (Å²) in [7, 11) is 0. The van der Waals surface area contributed by atoms with E-state index in [2.05, 4.69) is 31.9 Å². The van der Waals surface area contributed by atoms with Crippen molar-refractivity contribution in [3.63, 3.8) is 0 Å². The second-order valence-electron chi connectivity index (χ2n) is 5.82. The molecule has 0 bridgehead atoms. The number of hydrogen-bond donors (Lipinski definition) is 0. The van der Waals surface area contributed by atoms with Crippen LogP contribution in [0.1, 0.15) is 0 Å². The molecule has 2 aromatic carbocycles. The van der Waals surface area contributed by atoms with Crippen LogP contribution in [0, 0.1) is 23.3 Å². The molecule has 28 heavy (non-hydrogen) atoms. The van der Waals surface area contributed by atoms with Gasteiger partial charge < -0.3 is 0 Å². The van der Waals surface area contributed by atoms with Crippen molar-refractivity contribution < 1.29 is 17.6 Å². The fourth-order valence-corrected chi connectivity index (χ4v) is 6.04. The molecule has 8 heteroatoms. The molecule has 0 saturated heterocycles. The molecule has 2 heterocycles. The standard InChI is InChI=1S/C20H8Br2F4S2/c21-13-1-3-27-19(13)11-7-15(23)9(5-17(11)25)10-6-18(26)12(8-16(10)24)20-14(22)2-4-28-20/h1-8H. The number of halogens is 6. The van der Waals surface area contributed by atoms with Gasteiger partial charge in [-0.1, -0.05) is 0 Å². The summed E-state index contributed by atoms with van der Waals surface area (Å²) in [6.45, 7) is 0. The van der Waals surface area contributed by atoms with Gasteiger partial charge in [-0.3, -0.25) is 0 Å². The first-order valence-electron chi connectivity index (χ1n) is 7.82. The molecule has 0 saturated carbocycles. The van der Waals surface area contributed by atoms with Gasteiger partial charge in [0.1, 0.15) is 23.3 Å². The third-order valence-corrected chi connectivity index (χ3v) is 7.87. The molecule has 0 atom stereocenters. The van der Waals surface area contributed by atoms with Crippen LogP contribution in [0.15, 0.2) is 56.1 Å². The minimum absolute atomic E-state index is 0.0585. The third-order valence-electron chi connectivity index (χ3n) is 4.13. The van der Waals surface area contributed by atoms with Gasteiger partial charge in [0.15, 0.2) is 0 Å². The van der Waals surface area contributed by atoms with Crippen LogP contribution in [0.3, 0.4) is 0 Å². The van der Waals surface area contributed by atoms with E-state index in [4.69, 9.17) is 0 Å². The molecule has 0 spiro atoms. The Balaban J connectivity index is 1.84. The zero-order valence-corrected chi connectivity index (χ0v) is 18.5. The number of thiophene rings is 2. The first kappa shape index (κ1) is 19.8. The zero-order chi connectivity index (χ0) is 20.0. The van der Waals surface area contributed by atoms with Gasteiger partial charge in [-0.05, 0) is 79.0 Å². The molecule has 0 aliphatic rings. The van der Waals surface area contributed by atoms with Gasteiger partial charge in [-0.15, -0.1) is 22.7 Å². The highest BCUT2D eigenvalue weighted by Gasteiger charge is 2.21. The lowest BCUT2D eigenvalue weighted by molar-refractivity contribution is 0.593. The van der Waals surface area contributed by atoms with E-state index in [-0.39, 0.29) is 22.3 Å². The van der Waals surface area contributed by atoms with Gasteiger partial charge in [0.25, 0.3) is 0 Å². The monoisotopic (exact) mass is 546 g/mol. The Hall–Kier alpha value is -1.48. The van der Waals surface area contributed by atoms with Crippen LogP contribution in [0.25, 0.3) is 32.0 Å². The summed E-state index contributed by atoms with van der Waals surface area (Å²) in [6, 6.07) is 7.25. The van der Waals surface area contributed by atoms with Crippen LogP contribution >= 0.6 is 54.5 Å². The Labute approximate surface area is 182 Å². The third kappa shape index (κ3) is 3.47. The second-order valence-corrected chi connectivity index (χ2v) is 9.36. The molecule has 0 nitrogen and oxygen atoms in total. The lowest BCUT2D eigenvalue weighted by Crippen LogP contribution is -1.96. The van der Waals surface area contributed by atoms with Crippen LogP contribution in [-0.4, -0.2) is 0 Å². The summed E-state index contributed by atoms with van der Waals surface area (Å²) in [4.78, 5) is 1.04. The lowest BCUT2D eigenvalue weighted by Gasteiger charge is -2.11. The van der Waals surface area contributed by atoms with E-state index < -0.39 is 23.3 Å². The summed E-state index contributed by atoms with van der Waals surface area (Å²) < 4.78 is 60.0. The first-order valence-corrected chi connectivity index (χ1v) is 11.2. The molecule has 0 unspecified atom stereocenters. The van der Waals surface area contributed by atoms with E-state index in [1.165, 1.54) is 22.7 Å². The highest BCUT2D eigenvalue weighted by atomic mass is 79.9. The van der Waals surface area contributed by atoms with E-state index in [9.17, 15) is 17.6 Å². The van der Waals surface area contributed by atoms with Gasteiger partial charge in [0.05, 0.1) is 9.75 Å². The fourth-order valence-electron chi connectivity index (χ4n) is 2.83. The van der Waals surface area contributed by atoms with Crippen molar-refractivity contribution in [3.05, 3.63) is 79.4 Å². The van der Waals surface area contributed by atoms with Gasteiger partial charge in [-0.2, -0.15) is 0 Å². The lowest BCUT2D eigenvalue weighted by atomic mass is 9.99. The predicted octanol–water partition coefficient (Wildman–Crippen LogP) is 8.89. The quantitative estimate of drug-likeness (QED) is 0.225. The smallest absolute Gasteiger partial charge is 0.132 e. The van der Waals surface area contributed by atoms with E-state index in [0.29, 0.717) is 18.7 Å². The van der Waals surface area contributed by atoms with Crippen molar-refractivity contribution in [3.8, 4) is 32.0 Å². The molecular formula is C20H8Br2F4S2. The minimum Gasteiger partial charge on any atom is -0.206 e. The van der Waals surface area contributed by atoms with Crippen molar-refractivity contribution in [2.24, 2.45) is 0 Å². The van der Waals surface area contributed by atoms with E-state index in [1.807, 2.05) is 0 Å². The molecule has 2 aromatic heterocycles. The zero-order valence-electron chi connectivity index (χ0n) is 13.7. The van der Waals surface area contributed by atoms with Crippen LogP contribution in [0.2, 0.25) is 0 Å². The summed E-state index contributed by atoms with van der Waals surface area (Å²) in [5.74, 6) is -3.10. The maximum Gasteiger partial charge on any atom is 0.132 e. The molecule has 0 N–H and O–H groups in total. The van der Waals surface area contributed by atoms with Gasteiger partial charge in [-0.25, -0.2) is 17.6 Å². The SMILES string of the molecule is Fc1cc(-c2sccc2Br)c(F)cc1-c1cc(F)c(-c2sccc2Br)cc1F. The largest absolute Gasteiger partial charge is 0.206 e. The normalized spacial score (nSPS) is 11.2. The Kier molecular flexibility index (Phi) is 5.48. The predicted molar refractivity (Wildman–Crippen MR) is 114 cm³/mol. The molecule has 0 aliphatic carbocycles. The van der Waals surface area contributed by atoms with Crippen molar-refractivity contribution in [1.82, 2.24) is 0 Å². The second kappa shape index (κ2) is 7.74. The van der Waals surface area contributed by atoms with Crippen molar-refractivity contribution >= 4 is 54.5 Å².